The van der Waals surface area contributed by atoms with Crippen LogP contribution in [-0.4, -0.2) is 35.1 Å². The van der Waals surface area contributed by atoms with Crippen molar-refractivity contribution in [1.29, 1.82) is 0 Å². The van der Waals surface area contributed by atoms with E-state index in [2.05, 4.69) is 55.7 Å². The molecule has 5 heteroatoms. The van der Waals surface area contributed by atoms with E-state index in [1.165, 1.54) is 12.0 Å². The lowest BCUT2D eigenvalue weighted by molar-refractivity contribution is 0.0724. The minimum absolute atomic E-state index is 0.0553. The normalized spacial score (nSPS) is 15.4. The molecule has 1 saturated heterocycles. The SMILES string of the molecule is C[C@@H](CC(C)(C)c1ccccc1)NC(=S)Nc1ccc(C(=O)N2CCCCC2)cc1. The van der Waals surface area contributed by atoms with Crippen molar-refractivity contribution in [3.8, 4) is 0 Å². The van der Waals surface area contributed by atoms with Crippen LogP contribution in [0.25, 0.3) is 0 Å². The first-order valence-corrected chi connectivity index (χ1v) is 11.3. The molecule has 0 bridgehead atoms. The largest absolute Gasteiger partial charge is 0.360 e. The highest BCUT2D eigenvalue weighted by molar-refractivity contribution is 7.80. The van der Waals surface area contributed by atoms with Crippen molar-refractivity contribution in [3.63, 3.8) is 0 Å². The molecule has 3 rings (SSSR count). The molecule has 0 saturated carbocycles. The van der Waals surface area contributed by atoms with Crippen LogP contribution in [0.3, 0.4) is 0 Å². The van der Waals surface area contributed by atoms with Gasteiger partial charge in [-0.3, -0.25) is 4.79 Å². The van der Waals surface area contributed by atoms with Gasteiger partial charge in [-0.25, -0.2) is 0 Å². The number of benzene rings is 2. The van der Waals surface area contributed by atoms with Gasteiger partial charge < -0.3 is 15.5 Å². The van der Waals surface area contributed by atoms with Crippen LogP contribution in [0.1, 0.15) is 62.4 Å². The van der Waals surface area contributed by atoms with Crippen LogP contribution in [0.5, 0.6) is 0 Å². The molecular formula is C25H33N3OS. The van der Waals surface area contributed by atoms with E-state index in [0.717, 1.165) is 43.6 Å². The summed E-state index contributed by atoms with van der Waals surface area (Å²) in [6, 6.07) is 18.4. The lowest BCUT2D eigenvalue weighted by atomic mass is 9.79. The number of thiocarbonyl (C=S) groups is 1. The van der Waals surface area contributed by atoms with Crippen LogP contribution >= 0.6 is 12.2 Å². The fourth-order valence-corrected chi connectivity index (χ4v) is 4.51. The lowest BCUT2D eigenvalue weighted by Crippen LogP contribution is -2.39. The van der Waals surface area contributed by atoms with Crippen LogP contribution in [0.15, 0.2) is 54.6 Å². The van der Waals surface area contributed by atoms with Gasteiger partial charge in [-0.05, 0) is 80.1 Å². The monoisotopic (exact) mass is 423 g/mol. The van der Waals surface area contributed by atoms with E-state index in [1.54, 1.807) is 0 Å². The molecule has 2 aromatic rings. The van der Waals surface area contributed by atoms with Crippen molar-refractivity contribution in [3.05, 3.63) is 65.7 Å². The number of likely N-dealkylation sites (tertiary alicyclic amines) is 1. The molecule has 0 aromatic heterocycles. The summed E-state index contributed by atoms with van der Waals surface area (Å²) in [6.45, 7) is 8.40. The summed E-state index contributed by atoms with van der Waals surface area (Å²) < 4.78 is 0. The zero-order chi connectivity index (χ0) is 21.6. The van der Waals surface area contributed by atoms with E-state index < -0.39 is 0 Å². The first-order chi connectivity index (χ1) is 14.3. The predicted octanol–water partition coefficient (Wildman–Crippen LogP) is 5.36. The standard InChI is InChI=1S/C25H33N3OS/c1-19(18-25(2,3)21-10-6-4-7-11-21)26-24(30)27-22-14-12-20(13-15-22)23(29)28-16-8-5-9-17-28/h4,6-7,10-15,19H,5,8-9,16-18H2,1-3H3,(H2,26,27,30)/t19-/m0/s1. The Morgan fingerprint density at radius 1 is 1.03 bits per heavy atom. The summed E-state index contributed by atoms with van der Waals surface area (Å²) in [7, 11) is 0. The summed E-state index contributed by atoms with van der Waals surface area (Å²) in [5.41, 5.74) is 3.00. The maximum atomic E-state index is 12.6. The fourth-order valence-electron chi connectivity index (χ4n) is 4.19. The molecule has 0 unspecified atom stereocenters. The van der Waals surface area contributed by atoms with Crippen LogP contribution in [0, 0.1) is 0 Å². The Bertz CT molecular complexity index is 842. The van der Waals surface area contributed by atoms with E-state index in [4.69, 9.17) is 12.2 Å². The van der Waals surface area contributed by atoms with Crippen LogP contribution in [0.2, 0.25) is 0 Å². The number of nitrogens with one attached hydrogen (secondary N) is 2. The lowest BCUT2D eigenvalue weighted by Gasteiger charge is -2.29. The average Bonchev–Trinajstić information content (AvgIpc) is 2.74. The zero-order valence-corrected chi connectivity index (χ0v) is 19.1. The molecule has 1 atom stereocenters. The summed E-state index contributed by atoms with van der Waals surface area (Å²) >= 11 is 5.51. The number of piperidine rings is 1. The number of carbonyl (C=O) groups excluding carboxylic acids is 1. The number of amides is 1. The van der Waals surface area contributed by atoms with E-state index in [9.17, 15) is 4.79 Å². The Hall–Kier alpha value is -2.40. The molecule has 1 heterocycles. The topological polar surface area (TPSA) is 44.4 Å². The molecule has 0 aliphatic carbocycles. The maximum absolute atomic E-state index is 12.6. The van der Waals surface area contributed by atoms with Crippen LogP contribution in [0.4, 0.5) is 5.69 Å². The van der Waals surface area contributed by atoms with Gasteiger partial charge in [0.25, 0.3) is 5.91 Å². The van der Waals surface area contributed by atoms with E-state index >= 15 is 0 Å². The summed E-state index contributed by atoms with van der Waals surface area (Å²) in [5, 5.41) is 7.23. The van der Waals surface area contributed by atoms with E-state index in [1.807, 2.05) is 35.2 Å². The second-order valence-electron chi connectivity index (χ2n) is 8.88. The Labute approximate surface area is 186 Å². The molecule has 1 amide bonds. The second-order valence-corrected chi connectivity index (χ2v) is 9.29. The molecule has 2 N–H and O–H groups in total. The van der Waals surface area contributed by atoms with Gasteiger partial charge in [0.2, 0.25) is 0 Å². The minimum Gasteiger partial charge on any atom is -0.360 e. The van der Waals surface area contributed by atoms with Crippen molar-refractivity contribution >= 4 is 28.9 Å². The zero-order valence-electron chi connectivity index (χ0n) is 18.3. The van der Waals surface area contributed by atoms with Gasteiger partial charge in [0.05, 0.1) is 0 Å². The summed E-state index contributed by atoms with van der Waals surface area (Å²) in [5.74, 6) is 0.124. The Kier molecular flexibility index (Phi) is 7.48. The molecule has 1 fully saturated rings. The molecule has 160 valence electrons. The van der Waals surface area contributed by atoms with Gasteiger partial charge in [0, 0.05) is 30.4 Å². The molecule has 1 aliphatic heterocycles. The van der Waals surface area contributed by atoms with Crippen molar-refractivity contribution in [1.82, 2.24) is 10.2 Å². The summed E-state index contributed by atoms with van der Waals surface area (Å²) in [4.78, 5) is 14.5. The van der Waals surface area contributed by atoms with Crippen molar-refractivity contribution in [2.75, 3.05) is 18.4 Å². The number of rotatable bonds is 6. The van der Waals surface area contributed by atoms with E-state index in [0.29, 0.717) is 5.11 Å². The predicted molar refractivity (Wildman–Crippen MR) is 129 cm³/mol. The van der Waals surface area contributed by atoms with Gasteiger partial charge in [-0.15, -0.1) is 0 Å². The Morgan fingerprint density at radius 2 is 1.67 bits per heavy atom. The molecule has 1 aliphatic rings. The fraction of sp³-hybridized carbons (Fsp3) is 0.440. The highest BCUT2D eigenvalue weighted by atomic mass is 32.1. The molecule has 0 spiro atoms. The van der Waals surface area contributed by atoms with Crippen molar-refractivity contribution in [2.24, 2.45) is 0 Å². The first kappa shape index (κ1) is 22.3. The Morgan fingerprint density at radius 3 is 2.30 bits per heavy atom. The van der Waals surface area contributed by atoms with Crippen molar-refractivity contribution < 1.29 is 4.79 Å². The number of nitrogens with zero attached hydrogens (tertiary/aromatic N) is 1. The van der Waals surface area contributed by atoms with Crippen molar-refractivity contribution in [2.45, 2.75) is 57.9 Å². The van der Waals surface area contributed by atoms with Gasteiger partial charge in [-0.1, -0.05) is 44.2 Å². The molecular weight excluding hydrogens is 390 g/mol. The van der Waals surface area contributed by atoms with Crippen LogP contribution < -0.4 is 10.6 Å². The van der Waals surface area contributed by atoms with Gasteiger partial charge >= 0.3 is 0 Å². The molecule has 0 radical (unpaired) electrons. The first-order valence-electron chi connectivity index (χ1n) is 10.9. The number of carbonyl (C=O) groups is 1. The third-order valence-electron chi connectivity index (χ3n) is 5.78. The Balaban J connectivity index is 1.51. The third-order valence-corrected chi connectivity index (χ3v) is 6.00. The second kappa shape index (κ2) is 10.1. The van der Waals surface area contributed by atoms with E-state index in [-0.39, 0.29) is 17.4 Å². The summed E-state index contributed by atoms with van der Waals surface area (Å²) in [6.07, 6.45) is 4.38. The van der Waals surface area contributed by atoms with Gasteiger partial charge in [-0.2, -0.15) is 0 Å². The highest BCUT2D eigenvalue weighted by Gasteiger charge is 2.23. The van der Waals surface area contributed by atoms with Gasteiger partial charge in [0.15, 0.2) is 5.11 Å². The number of hydrogen-bond acceptors (Lipinski definition) is 2. The highest BCUT2D eigenvalue weighted by Crippen LogP contribution is 2.28. The average molecular weight is 424 g/mol. The number of hydrogen-bond donors (Lipinski definition) is 2. The molecule has 4 nitrogen and oxygen atoms in total. The maximum Gasteiger partial charge on any atom is 0.253 e. The van der Waals surface area contributed by atoms with Gasteiger partial charge in [0.1, 0.15) is 0 Å². The van der Waals surface area contributed by atoms with Crippen LogP contribution in [-0.2, 0) is 5.41 Å². The smallest absolute Gasteiger partial charge is 0.253 e. The molecule has 2 aromatic carbocycles. The number of anilines is 1. The minimum atomic E-state index is 0.0553. The molecule has 30 heavy (non-hydrogen) atoms. The quantitative estimate of drug-likeness (QED) is 0.614. The third kappa shape index (κ3) is 6.05.